The summed E-state index contributed by atoms with van der Waals surface area (Å²) >= 11 is 0. The third-order valence-corrected chi connectivity index (χ3v) is 3.98. The van der Waals surface area contributed by atoms with Crippen LogP contribution < -0.4 is 5.73 Å². The van der Waals surface area contributed by atoms with Crippen LogP contribution in [0.4, 0.5) is 5.69 Å². The van der Waals surface area contributed by atoms with E-state index in [1.54, 1.807) is 0 Å². The van der Waals surface area contributed by atoms with E-state index in [2.05, 4.69) is 66.7 Å². The summed E-state index contributed by atoms with van der Waals surface area (Å²) in [5, 5.41) is 4.93. The Morgan fingerprint density at radius 3 is 2.00 bits per heavy atom. The van der Waals surface area contributed by atoms with Gasteiger partial charge in [0.1, 0.15) is 0 Å². The Kier molecular flexibility index (Phi) is 2.65. The molecule has 4 rings (SSSR count). The molecule has 1 heteroatoms. The van der Waals surface area contributed by atoms with E-state index in [0.29, 0.717) is 0 Å². The third-order valence-electron chi connectivity index (χ3n) is 3.98. The molecule has 0 radical (unpaired) electrons. The number of fused-ring (bicyclic) bond motifs is 2. The molecule has 0 spiro atoms. The molecule has 0 amide bonds. The van der Waals surface area contributed by atoms with E-state index in [4.69, 9.17) is 5.73 Å². The number of nitrogens with two attached hydrogens (primary N) is 1. The van der Waals surface area contributed by atoms with Crippen LogP contribution in [0.2, 0.25) is 0 Å². The zero-order chi connectivity index (χ0) is 14.2. The van der Waals surface area contributed by atoms with Gasteiger partial charge in [0.2, 0.25) is 0 Å². The van der Waals surface area contributed by atoms with E-state index in [1.165, 1.54) is 21.5 Å². The van der Waals surface area contributed by atoms with Gasteiger partial charge in [-0.15, -0.1) is 0 Å². The van der Waals surface area contributed by atoms with Crippen molar-refractivity contribution < 1.29 is 0 Å². The molecule has 2 N–H and O–H groups in total. The summed E-state index contributed by atoms with van der Waals surface area (Å²) in [4.78, 5) is 0. The molecule has 0 bridgehead atoms. The maximum atomic E-state index is 6.26. The molecule has 0 unspecified atom stereocenters. The van der Waals surface area contributed by atoms with Crippen LogP contribution in [-0.4, -0.2) is 0 Å². The Bertz CT molecular complexity index is 940. The van der Waals surface area contributed by atoms with Crippen LogP contribution in [-0.2, 0) is 0 Å². The highest BCUT2D eigenvalue weighted by molar-refractivity contribution is 6.08. The molecule has 0 atom stereocenters. The number of benzene rings is 4. The van der Waals surface area contributed by atoms with Crippen molar-refractivity contribution in [3.8, 4) is 11.1 Å². The van der Waals surface area contributed by atoms with E-state index in [1.807, 2.05) is 12.1 Å². The molecule has 0 fully saturated rings. The average Bonchev–Trinajstić information content (AvgIpc) is 2.54. The molecule has 21 heavy (non-hydrogen) atoms. The Labute approximate surface area is 123 Å². The second-order valence-electron chi connectivity index (χ2n) is 5.32. The quantitative estimate of drug-likeness (QED) is 0.371. The lowest BCUT2D eigenvalue weighted by Gasteiger charge is -2.11. The molecule has 0 aliphatic rings. The number of anilines is 1. The number of hydrogen-bond donors (Lipinski definition) is 1. The summed E-state index contributed by atoms with van der Waals surface area (Å²) in [6.45, 7) is 0. The molecule has 4 aromatic rings. The standard InChI is InChI=1S/C20H15N/c21-19-11-10-17-12-15-8-4-5-9-16(15)13-18(17)20(19)14-6-2-1-3-7-14/h1-13H,21H2. The van der Waals surface area contributed by atoms with Crippen LogP contribution in [0.1, 0.15) is 0 Å². The largest absolute Gasteiger partial charge is 0.398 e. The molecule has 0 aliphatic carbocycles. The first-order chi connectivity index (χ1) is 10.3. The van der Waals surface area contributed by atoms with Crippen molar-refractivity contribution in [2.24, 2.45) is 0 Å². The highest BCUT2D eigenvalue weighted by Crippen LogP contribution is 2.35. The highest BCUT2D eigenvalue weighted by Gasteiger charge is 2.08. The molecule has 4 aromatic carbocycles. The van der Waals surface area contributed by atoms with Crippen molar-refractivity contribution in [1.29, 1.82) is 0 Å². The molecular formula is C20H15N. The number of rotatable bonds is 1. The molecule has 1 nitrogen and oxygen atoms in total. The van der Waals surface area contributed by atoms with Crippen molar-refractivity contribution in [2.45, 2.75) is 0 Å². The van der Waals surface area contributed by atoms with Gasteiger partial charge in [-0.2, -0.15) is 0 Å². The van der Waals surface area contributed by atoms with Gasteiger partial charge in [0.05, 0.1) is 0 Å². The second kappa shape index (κ2) is 4.64. The van der Waals surface area contributed by atoms with Crippen LogP contribution in [0.3, 0.4) is 0 Å². The first-order valence-corrected chi connectivity index (χ1v) is 7.09. The predicted molar refractivity (Wildman–Crippen MR) is 91.3 cm³/mol. The summed E-state index contributed by atoms with van der Waals surface area (Å²) < 4.78 is 0. The summed E-state index contributed by atoms with van der Waals surface area (Å²) in [7, 11) is 0. The lowest BCUT2D eigenvalue weighted by Crippen LogP contribution is -1.91. The minimum Gasteiger partial charge on any atom is -0.398 e. The molecule has 0 saturated carbocycles. The Morgan fingerprint density at radius 2 is 1.24 bits per heavy atom. The van der Waals surface area contributed by atoms with Crippen LogP contribution in [0.15, 0.2) is 78.9 Å². The van der Waals surface area contributed by atoms with Gasteiger partial charge in [0.25, 0.3) is 0 Å². The second-order valence-corrected chi connectivity index (χ2v) is 5.32. The van der Waals surface area contributed by atoms with Crippen LogP contribution >= 0.6 is 0 Å². The Morgan fingerprint density at radius 1 is 0.571 bits per heavy atom. The summed E-state index contributed by atoms with van der Waals surface area (Å²) in [6.07, 6.45) is 0. The fourth-order valence-corrected chi connectivity index (χ4v) is 2.96. The molecule has 100 valence electrons. The van der Waals surface area contributed by atoms with Crippen LogP contribution in [0.25, 0.3) is 32.7 Å². The zero-order valence-corrected chi connectivity index (χ0v) is 11.6. The molecule has 0 saturated heterocycles. The fourth-order valence-electron chi connectivity index (χ4n) is 2.96. The topological polar surface area (TPSA) is 26.0 Å². The smallest absolute Gasteiger partial charge is 0.0400 e. The van der Waals surface area contributed by atoms with Crippen molar-refractivity contribution >= 4 is 27.2 Å². The Balaban J connectivity index is 2.14. The van der Waals surface area contributed by atoms with Gasteiger partial charge in [-0.25, -0.2) is 0 Å². The van der Waals surface area contributed by atoms with Crippen molar-refractivity contribution in [1.82, 2.24) is 0 Å². The van der Waals surface area contributed by atoms with Gasteiger partial charge in [0.15, 0.2) is 0 Å². The number of hydrogen-bond acceptors (Lipinski definition) is 1. The van der Waals surface area contributed by atoms with Gasteiger partial charge in [-0.05, 0) is 45.3 Å². The minimum atomic E-state index is 0.823. The first-order valence-electron chi connectivity index (χ1n) is 7.09. The normalized spacial score (nSPS) is 11.0. The molecule has 0 heterocycles. The summed E-state index contributed by atoms with van der Waals surface area (Å²) in [5.41, 5.74) is 9.37. The van der Waals surface area contributed by atoms with Crippen LogP contribution in [0, 0.1) is 0 Å². The maximum absolute atomic E-state index is 6.26. The van der Waals surface area contributed by atoms with E-state index >= 15 is 0 Å². The molecule has 0 aromatic heterocycles. The monoisotopic (exact) mass is 269 g/mol. The average molecular weight is 269 g/mol. The highest BCUT2D eigenvalue weighted by atomic mass is 14.6. The van der Waals surface area contributed by atoms with E-state index in [0.717, 1.165) is 16.8 Å². The zero-order valence-electron chi connectivity index (χ0n) is 11.6. The van der Waals surface area contributed by atoms with E-state index in [9.17, 15) is 0 Å². The first kappa shape index (κ1) is 12.0. The lowest BCUT2D eigenvalue weighted by atomic mass is 9.94. The summed E-state index contributed by atoms with van der Waals surface area (Å²) in [5.74, 6) is 0. The van der Waals surface area contributed by atoms with Crippen molar-refractivity contribution in [2.75, 3.05) is 5.73 Å². The number of nitrogen functional groups attached to an aromatic ring is 1. The minimum absolute atomic E-state index is 0.823. The van der Waals surface area contributed by atoms with E-state index in [-0.39, 0.29) is 0 Å². The SMILES string of the molecule is Nc1ccc2cc3ccccc3cc2c1-c1ccccc1. The molecular weight excluding hydrogens is 254 g/mol. The lowest BCUT2D eigenvalue weighted by molar-refractivity contribution is 1.65. The maximum Gasteiger partial charge on any atom is 0.0400 e. The predicted octanol–water partition coefficient (Wildman–Crippen LogP) is 5.24. The van der Waals surface area contributed by atoms with Crippen molar-refractivity contribution in [3.63, 3.8) is 0 Å². The van der Waals surface area contributed by atoms with Crippen molar-refractivity contribution in [3.05, 3.63) is 78.9 Å². The third kappa shape index (κ3) is 1.95. The fraction of sp³-hybridized carbons (Fsp3) is 0. The van der Waals surface area contributed by atoms with Gasteiger partial charge in [0, 0.05) is 11.3 Å². The van der Waals surface area contributed by atoms with Crippen LogP contribution in [0.5, 0.6) is 0 Å². The Hall–Kier alpha value is -2.80. The van der Waals surface area contributed by atoms with Gasteiger partial charge in [-0.1, -0.05) is 60.7 Å². The van der Waals surface area contributed by atoms with Gasteiger partial charge >= 0.3 is 0 Å². The van der Waals surface area contributed by atoms with E-state index < -0.39 is 0 Å². The summed E-state index contributed by atoms with van der Waals surface area (Å²) in [6, 6.07) is 27.4. The van der Waals surface area contributed by atoms with Gasteiger partial charge < -0.3 is 5.73 Å². The van der Waals surface area contributed by atoms with Gasteiger partial charge in [-0.3, -0.25) is 0 Å². The molecule has 0 aliphatic heterocycles.